The summed E-state index contributed by atoms with van der Waals surface area (Å²) in [7, 11) is -1.00. The van der Waals surface area contributed by atoms with Gasteiger partial charge in [0.25, 0.3) is 0 Å². The first-order valence-electron chi connectivity index (χ1n) is 11.8. The summed E-state index contributed by atoms with van der Waals surface area (Å²) < 4.78 is 53.9. The van der Waals surface area contributed by atoms with Crippen LogP contribution in [0.15, 0.2) is 24.5 Å². The second-order valence-electron chi connectivity index (χ2n) is 8.60. The quantitative estimate of drug-likeness (QED) is 0.386. The molecule has 3 aromatic heterocycles. The van der Waals surface area contributed by atoms with Crippen molar-refractivity contribution in [2.45, 2.75) is 44.6 Å². The molecule has 13 nitrogen and oxygen atoms in total. The minimum atomic E-state index is -4.05. The van der Waals surface area contributed by atoms with Gasteiger partial charge in [-0.2, -0.15) is 0 Å². The molecule has 0 aliphatic carbocycles. The van der Waals surface area contributed by atoms with Crippen LogP contribution < -0.4 is 14.2 Å². The predicted octanol–water partition coefficient (Wildman–Crippen LogP) is 2.33. The highest BCUT2D eigenvalue weighted by Gasteiger charge is 2.36. The Morgan fingerprint density at radius 2 is 1.97 bits per heavy atom. The maximum Gasteiger partial charge on any atom is 0.240 e. The van der Waals surface area contributed by atoms with E-state index in [1.54, 1.807) is 43.1 Å². The van der Waals surface area contributed by atoms with Gasteiger partial charge in [0.1, 0.15) is 23.7 Å². The molecule has 4 heterocycles. The van der Waals surface area contributed by atoms with Gasteiger partial charge in [0.2, 0.25) is 21.9 Å². The number of nitrogens with zero attached hydrogens (tertiary/aromatic N) is 6. The van der Waals surface area contributed by atoms with Gasteiger partial charge in [0.05, 0.1) is 19.8 Å². The smallest absolute Gasteiger partial charge is 0.240 e. The molecule has 1 aliphatic heterocycles. The number of nitrogens with one attached hydrogen (secondary N) is 1. The highest BCUT2D eigenvalue weighted by Crippen LogP contribution is 2.36. The molecule has 14 heteroatoms. The maximum atomic E-state index is 13.6. The molecule has 0 amide bonds. The van der Waals surface area contributed by atoms with E-state index in [0.29, 0.717) is 36.2 Å². The van der Waals surface area contributed by atoms with Crippen molar-refractivity contribution in [3.05, 3.63) is 35.9 Å². The number of sulfonamides is 1. The number of fused-ring (bicyclic) bond motifs is 3. The van der Waals surface area contributed by atoms with E-state index in [4.69, 9.17) is 18.9 Å². The number of anilines is 1. The summed E-state index contributed by atoms with van der Waals surface area (Å²) in [5.41, 5.74) is 1.23. The molecule has 0 saturated heterocycles. The molecular weight excluding hydrogens is 502 g/mol. The fourth-order valence-electron chi connectivity index (χ4n) is 3.86. The Labute approximate surface area is 215 Å². The first kappa shape index (κ1) is 26.7. The van der Waals surface area contributed by atoms with Crippen LogP contribution in [-0.2, 0) is 19.5 Å². The van der Waals surface area contributed by atoms with Crippen LogP contribution in [0.2, 0.25) is 0 Å². The number of aryl methyl sites for hydroxylation is 1. The maximum absolute atomic E-state index is 13.6. The van der Waals surface area contributed by atoms with Gasteiger partial charge in [-0.3, -0.25) is 9.29 Å². The van der Waals surface area contributed by atoms with Gasteiger partial charge in [-0.25, -0.2) is 23.4 Å². The van der Waals surface area contributed by atoms with E-state index in [9.17, 15) is 8.42 Å². The van der Waals surface area contributed by atoms with Crippen molar-refractivity contribution >= 4 is 16.0 Å². The van der Waals surface area contributed by atoms with Crippen molar-refractivity contribution in [2.24, 2.45) is 0 Å². The standard InChI is InChI=1S/C23H31N7O6S/c1-6-9-35-20(21-24-10-14(2)11-25-21)15(3)37(31,32)29-23-28-27-22-19-17(7-8-18(26-19)34-5)36-13-16(12-33-4)30(22)23/h7-8,10-11,15-16,20H,6,9,12-13H2,1-5H3,(H,28,29)/t15-,16+,20+/m0/s1. The van der Waals surface area contributed by atoms with Crippen LogP contribution >= 0.6 is 0 Å². The van der Waals surface area contributed by atoms with E-state index in [1.165, 1.54) is 7.11 Å². The molecule has 3 atom stereocenters. The van der Waals surface area contributed by atoms with Crippen LogP contribution in [0.1, 0.15) is 43.8 Å². The van der Waals surface area contributed by atoms with E-state index >= 15 is 0 Å². The third-order valence-corrected chi connectivity index (χ3v) is 7.50. The van der Waals surface area contributed by atoms with Crippen molar-refractivity contribution in [1.82, 2.24) is 29.7 Å². The van der Waals surface area contributed by atoms with Crippen LogP contribution in [0.5, 0.6) is 11.6 Å². The number of methoxy groups -OCH3 is 2. The summed E-state index contributed by atoms with van der Waals surface area (Å²) in [6, 6.07) is 2.96. The van der Waals surface area contributed by atoms with E-state index in [1.807, 2.05) is 13.8 Å². The molecule has 0 saturated carbocycles. The monoisotopic (exact) mass is 533 g/mol. The summed E-state index contributed by atoms with van der Waals surface area (Å²) in [5, 5.41) is 7.35. The zero-order valence-electron chi connectivity index (χ0n) is 21.4. The predicted molar refractivity (Wildman–Crippen MR) is 134 cm³/mol. The van der Waals surface area contributed by atoms with Crippen molar-refractivity contribution in [2.75, 3.05) is 38.8 Å². The molecule has 4 rings (SSSR count). The van der Waals surface area contributed by atoms with Crippen LogP contribution in [0, 0.1) is 6.92 Å². The lowest BCUT2D eigenvalue weighted by Gasteiger charge is -2.24. The third-order valence-electron chi connectivity index (χ3n) is 5.81. The summed E-state index contributed by atoms with van der Waals surface area (Å²) in [4.78, 5) is 13.1. The number of rotatable bonds is 11. The second kappa shape index (κ2) is 11.4. The molecule has 0 spiro atoms. The van der Waals surface area contributed by atoms with Gasteiger partial charge in [-0.1, -0.05) is 6.92 Å². The topological polar surface area (TPSA) is 152 Å². The molecule has 37 heavy (non-hydrogen) atoms. The largest absolute Gasteiger partial charge is 0.489 e. The molecule has 3 aromatic rings. The van der Waals surface area contributed by atoms with Crippen LogP contribution in [-0.4, -0.2) is 77.4 Å². The number of hydrogen-bond acceptors (Lipinski definition) is 11. The molecule has 1 N–H and O–H groups in total. The van der Waals surface area contributed by atoms with Gasteiger partial charge in [0.15, 0.2) is 17.3 Å². The highest BCUT2D eigenvalue weighted by atomic mass is 32.2. The van der Waals surface area contributed by atoms with Gasteiger partial charge < -0.3 is 18.9 Å². The van der Waals surface area contributed by atoms with Crippen LogP contribution in [0.3, 0.4) is 0 Å². The Kier molecular flexibility index (Phi) is 8.19. The van der Waals surface area contributed by atoms with Gasteiger partial charge in [-0.15, -0.1) is 10.2 Å². The van der Waals surface area contributed by atoms with E-state index in [2.05, 4.69) is 29.9 Å². The lowest BCUT2D eigenvalue weighted by atomic mass is 10.2. The first-order valence-corrected chi connectivity index (χ1v) is 13.4. The first-order chi connectivity index (χ1) is 17.8. The van der Waals surface area contributed by atoms with E-state index < -0.39 is 27.4 Å². The Balaban J connectivity index is 1.71. The Morgan fingerprint density at radius 1 is 1.22 bits per heavy atom. The zero-order chi connectivity index (χ0) is 26.6. The fraction of sp³-hybridized carbons (Fsp3) is 0.522. The number of ether oxygens (including phenoxy) is 4. The minimum absolute atomic E-state index is 0.00374. The summed E-state index contributed by atoms with van der Waals surface area (Å²) >= 11 is 0. The molecule has 0 fully saturated rings. The summed E-state index contributed by atoms with van der Waals surface area (Å²) in [6.07, 6.45) is 3.07. The van der Waals surface area contributed by atoms with Crippen molar-refractivity contribution in [1.29, 1.82) is 0 Å². The van der Waals surface area contributed by atoms with Crippen LogP contribution in [0.4, 0.5) is 5.95 Å². The lowest BCUT2D eigenvalue weighted by Crippen LogP contribution is -2.35. The third kappa shape index (κ3) is 5.65. The SMILES string of the molecule is CCCO[C@@H](c1ncc(C)cn1)[C@H](C)S(=O)(=O)Nc1nnc2n1[C@H](COC)COc1ccc(OC)nc1-2. The summed E-state index contributed by atoms with van der Waals surface area (Å²) in [5.74, 6) is 1.43. The van der Waals surface area contributed by atoms with E-state index in [-0.39, 0.29) is 25.0 Å². The van der Waals surface area contributed by atoms with Crippen molar-refractivity contribution in [3.8, 4) is 23.1 Å². The number of hydrogen-bond donors (Lipinski definition) is 1. The Hall–Kier alpha value is -3.36. The zero-order valence-corrected chi connectivity index (χ0v) is 22.2. The molecule has 0 bridgehead atoms. The molecule has 0 unspecified atom stereocenters. The molecule has 200 valence electrons. The highest BCUT2D eigenvalue weighted by molar-refractivity contribution is 7.93. The average molecular weight is 534 g/mol. The number of aromatic nitrogens is 6. The summed E-state index contributed by atoms with van der Waals surface area (Å²) in [6.45, 7) is 6.09. The second-order valence-corrected chi connectivity index (χ2v) is 10.6. The Morgan fingerprint density at radius 3 is 2.65 bits per heavy atom. The van der Waals surface area contributed by atoms with Gasteiger partial charge in [-0.05, 0) is 31.9 Å². The molecular formula is C23H31N7O6S. The normalized spacial score (nSPS) is 16.6. The fourth-order valence-corrected chi connectivity index (χ4v) is 4.97. The molecule has 1 aliphatic rings. The van der Waals surface area contributed by atoms with Gasteiger partial charge in [0, 0.05) is 32.2 Å². The molecule has 0 radical (unpaired) electrons. The average Bonchev–Trinajstić information content (AvgIpc) is 3.22. The van der Waals surface area contributed by atoms with Crippen LogP contribution in [0.25, 0.3) is 11.5 Å². The lowest BCUT2D eigenvalue weighted by molar-refractivity contribution is 0.0466. The van der Waals surface area contributed by atoms with Crippen molar-refractivity contribution < 1.29 is 27.4 Å². The van der Waals surface area contributed by atoms with E-state index in [0.717, 1.165) is 5.56 Å². The van der Waals surface area contributed by atoms with Crippen molar-refractivity contribution in [3.63, 3.8) is 0 Å². The molecule has 0 aromatic carbocycles. The van der Waals surface area contributed by atoms with Gasteiger partial charge >= 0.3 is 0 Å². The number of pyridine rings is 1. The Bertz CT molecular complexity index is 1320. The minimum Gasteiger partial charge on any atom is -0.489 e.